The van der Waals surface area contributed by atoms with Crippen LogP contribution >= 0.6 is 50.5 Å². The third-order valence-corrected chi connectivity index (χ3v) is 7.84. The van der Waals surface area contributed by atoms with Gasteiger partial charge >= 0.3 is 5.97 Å². The molecule has 2 amide bonds. The van der Waals surface area contributed by atoms with Gasteiger partial charge in [-0.3, -0.25) is 9.59 Å². The Morgan fingerprint density at radius 2 is 1.77 bits per heavy atom. The molecule has 0 aliphatic rings. The maximum atomic E-state index is 13.0. The molecule has 12 heteroatoms. The number of hydrogen-bond acceptors (Lipinski definition) is 7. The van der Waals surface area contributed by atoms with Gasteiger partial charge < -0.3 is 14.5 Å². The second kappa shape index (κ2) is 12.1. The van der Waals surface area contributed by atoms with E-state index >= 15 is 0 Å². The Bertz CT molecular complexity index is 1770. The minimum atomic E-state index is -0.637. The molecule has 0 saturated carbocycles. The van der Waals surface area contributed by atoms with E-state index < -0.39 is 17.8 Å². The van der Waals surface area contributed by atoms with Crippen LogP contribution in [-0.2, 0) is 0 Å². The number of benzene rings is 3. The summed E-state index contributed by atoms with van der Waals surface area (Å²) in [6.45, 7) is 0. The molecule has 0 spiro atoms. The van der Waals surface area contributed by atoms with Crippen molar-refractivity contribution in [2.45, 2.75) is 0 Å². The molecule has 5 aromatic rings. The number of esters is 1. The van der Waals surface area contributed by atoms with Crippen LogP contribution in [0.2, 0.25) is 10.0 Å². The molecule has 0 aliphatic heterocycles. The number of ether oxygens (including phenoxy) is 1. The lowest BCUT2D eigenvalue weighted by Crippen LogP contribution is -2.18. The normalized spacial score (nSPS) is 11.1. The van der Waals surface area contributed by atoms with Crippen LogP contribution < -0.4 is 15.5 Å². The zero-order chi connectivity index (χ0) is 28.2. The van der Waals surface area contributed by atoms with Gasteiger partial charge in [0.05, 0.1) is 17.5 Å². The smallest absolute Gasteiger partial charge is 0.355 e. The Labute approximate surface area is 249 Å². The number of rotatable bonds is 7. The predicted octanol–water partition coefficient (Wildman–Crippen LogP) is 7.80. The average Bonchev–Trinajstić information content (AvgIpc) is 3.59. The van der Waals surface area contributed by atoms with E-state index in [9.17, 15) is 14.4 Å². The number of amides is 2. The molecule has 2 aromatic heterocycles. The summed E-state index contributed by atoms with van der Waals surface area (Å²) in [5.74, 6) is -1.14. The molecule has 0 fully saturated rings. The van der Waals surface area contributed by atoms with Crippen LogP contribution in [0.25, 0.3) is 10.1 Å². The highest BCUT2D eigenvalue weighted by Gasteiger charge is 2.20. The van der Waals surface area contributed by atoms with Crippen molar-refractivity contribution < 1.29 is 23.5 Å². The first-order valence-corrected chi connectivity index (χ1v) is 13.8. The molecular weight excluding hydrogens is 641 g/mol. The summed E-state index contributed by atoms with van der Waals surface area (Å²) in [6.07, 6.45) is 2.76. The van der Waals surface area contributed by atoms with Crippen molar-refractivity contribution in [3.05, 3.63) is 115 Å². The summed E-state index contributed by atoms with van der Waals surface area (Å²) in [5.41, 5.74) is 3.67. The molecule has 3 aromatic carbocycles. The highest BCUT2D eigenvalue weighted by Crippen LogP contribution is 2.37. The van der Waals surface area contributed by atoms with Crippen LogP contribution in [0.15, 0.2) is 93.1 Å². The molecule has 0 atom stereocenters. The molecule has 0 unspecified atom stereocenters. The zero-order valence-electron chi connectivity index (χ0n) is 20.1. The van der Waals surface area contributed by atoms with Gasteiger partial charge in [-0.1, -0.05) is 45.2 Å². The van der Waals surface area contributed by atoms with Crippen LogP contribution in [0.4, 0.5) is 5.69 Å². The number of hydrogen-bond donors (Lipinski definition) is 2. The fourth-order valence-corrected chi connectivity index (χ4v) is 5.60. The molecule has 0 saturated heterocycles. The lowest BCUT2D eigenvalue weighted by molar-refractivity contribution is 0.0739. The number of nitrogens with zero attached hydrogens (tertiary/aromatic N) is 1. The highest BCUT2D eigenvalue weighted by atomic mass is 79.9. The predicted molar refractivity (Wildman–Crippen MR) is 159 cm³/mol. The molecule has 0 radical (unpaired) electrons. The van der Waals surface area contributed by atoms with Crippen molar-refractivity contribution in [3.63, 3.8) is 0 Å². The van der Waals surface area contributed by atoms with E-state index in [-0.39, 0.29) is 21.4 Å². The summed E-state index contributed by atoms with van der Waals surface area (Å²) in [5, 5.41) is 8.21. The SMILES string of the molecule is O=C(N/N=C\c1cc(Br)ccc1OC(=O)c1sc2cc(Cl)ccc2c1Cl)c1ccc(NC(=O)c2ccco2)cc1. The molecule has 0 bridgehead atoms. The summed E-state index contributed by atoms with van der Waals surface area (Å²) < 4.78 is 12.2. The summed E-state index contributed by atoms with van der Waals surface area (Å²) in [4.78, 5) is 37.9. The third kappa shape index (κ3) is 6.26. The van der Waals surface area contributed by atoms with Crippen molar-refractivity contribution >= 4 is 90.2 Å². The summed E-state index contributed by atoms with van der Waals surface area (Å²) in [6, 6.07) is 19.6. The Balaban J connectivity index is 1.25. The van der Waals surface area contributed by atoms with Crippen molar-refractivity contribution in [2.75, 3.05) is 5.32 Å². The number of halogens is 3. The second-order valence-electron chi connectivity index (χ2n) is 8.17. The van der Waals surface area contributed by atoms with Crippen LogP contribution in [0.5, 0.6) is 5.75 Å². The first-order valence-electron chi connectivity index (χ1n) is 11.5. The van der Waals surface area contributed by atoms with Crippen molar-refractivity contribution in [1.82, 2.24) is 5.43 Å². The first kappa shape index (κ1) is 27.6. The minimum absolute atomic E-state index is 0.172. The fourth-order valence-electron chi connectivity index (χ4n) is 3.56. The maximum Gasteiger partial charge on any atom is 0.355 e. The lowest BCUT2D eigenvalue weighted by atomic mass is 10.2. The number of hydrazone groups is 1. The largest absolute Gasteiger partial charge is 0.459 e. The van der Waals surface area contributed by atoms with Gasteiger partial charge in [-0.2, -0.15) is 5.10 Å². The van der Waals surface area contributed by atoms with E-state index in [4.69, 9.17) is 32.4 Å². The molecule has 40 heavy (non-hydrogen) atoms. The quantitative estimate of drug-likeness (QED) is 0.0804. The topological polar surface area (TPSA) is 110 Å². The molecule has 8 nitrogen and oxygen atoms in total. The molecule has 2 heterocycles. The van der Waals surface area contributed by atoms with Gasteiger partial charge in [0.1, 0.15) is 10.6 Å². The van der Waals surface area contributed by atoms with E-state index in [1.165, 1.54) is 35.9 Å². The van der Waals surface area contributed by atoms with Crippen LogP contribution in [-0.4, -0.2) is 24.0 Å². The average molecular weight is 657 g/mol. The highest BCUT2D eigenvalue weighted by molar-refractivity contribution is 9.10. The molecule has 5 rings (SSSR count). The maximum absolute atomic E-state index is 13.0. The number of carbonyl (C=O) groups is 3. The van der Waals surface area contributed by atoms with Gasteiger partial charge in [0.15, 0.2) is 5.76 Å². The summed E-state index contributed by atoms with van der Waals surface area (Å²) in [7, 11) is 0. The first-order chi connectivity index (χ1) is 19.3. The Morgan fingerprint density at radius 1 is 0.975 bits per heavy atom. The zero-order valence-corrected chi connectivity index (χ0v) is 24.0. The second-order valence-corrected chi connectivity index (χ2v) is 10.9. The van der Waals surface area contributed by atoms with Gasteiger partial charge in [0.25, 0.3) is 11.8 Å². The van der Waals surface area contributed by atoms with Gasteiger partial charge in [-0.15, -0.1) is 11.3 Å². The van der Waals surface area contributed by atoms with Gasteiger partial charge in [-0.05, 0) is 66.7 Å². The minimum Gasteiger partial charge on any atom is -0.459 e. The van der Waals surface area contributed by atoms with E-state index in [0.29, 0.717) is 31.7 Å². The number of fused-ring (bicyclic) bond motifs is 1. The number of thiophene rings is 1. The molecular formula is C28H16BrCl2N3O5S. The van der Waals surface area contributed by atoms with E-state index in [0.717, 1.165) is 4.70 Å². The Hall–Kier alpha value is -3.96. The fraction of sp³-hybridized carbons (Fsp3) is 0. The van der Waals surface area contributed by atoms with E-state index in [1.807, 2.05) is 0 Å². The third-order valence-electron chi connectivity index (χ3n) is 5.47. The van der Waals surface area contributed by atoms with Crippen LogP contribution in [0.1, 0.15) is 36.1 Å². The van der Waals surface area contributed by atoms with Crippen molar-refractivity contribution in [3.8, 4) is 5.75 Å². The summed E-state index contributed by atoms with van der Waals surface area (Å²) >= 11 is 17.1. The van der Waals surface area contributed by atoms with Gasteiger partial charge in [-0.25, -0.2) is 10.2 Å². The van der Waals surface area contributed by atoms with Gasteiger partial charge in [0, 0.05) is 36.4 Å². The number of anilines is 1. The molecule has 0 aliphatic carbocycles. The van der Waals surface area contributed by atoms with Gasteiger partial charge in [0.2, 0.25) is 0 Å². The lowest BCUT2D eigenvalue weighted by Gasteiger charge is -2.08. The Morgan fingerprint density at radius 3 is 2.52 bits per heavy atom. The van der Waals surface area contributed by atoms with Crippen molar-refractivity contribution in [2.24, 2.45) is 5.10 Å². The molecule has 200 valence electrons. The van der Waals surface area contributed by atoms with E-state index in [1.54, 1.807) is 60.7 Å². The Kier molecular flexibility index (Phi) is 8.32. The number of furan rings is 1. The number of nitrogens with one attached hydrogen (secondary N) is 2. The molecule has 2 N–H and O–H groups in total. The number of carbonyl (C=O) groups excluding carboxylic acids is 3. The monoisotopic (exact) mass is 655 g/mol. The van der Waals surface area contributed by atoms with Crippen LogP contribution in [0.3, 0.4) is 0 Å². The van der Waals surface area contributed by atoms with Crippen LogP contribution in [0, 0.1) is 0 Å². The van der Waals surface area contributed by atoms with E-state index in [2.05, 4.69) is 31.8 Å². The standard InChI is InChI=1S/C28H16BrCl2N3O5S/c29-17-5-10-21(39-28(37)25-24(31)20-9-6-18(30)13-23(20)40-25)16(12-17)14-32-34-26(35)15-3-7-19(8-4-15)33-27(36)22-2-1-11-38-22/h1-14H,(H,33,36)(H,34,35)/b32-14-. The van der Waals surface area contributed by atoms with Crippen molar-refractivity contribution in [1.29, 1.82) is 0 Å².